The van der Waals surface area contributed by atoms with E-state index in [9.17, 15) is 9.59 Å². The highest BCUT2D eigenvalue weighted by Gasteiger charge is 2.20. The van der Waals surface area contributed by atoms with Crippen LogP contribution in [-0.2, 0) is 0 Å². The number of imidazole rings is 2. The molecule has 13 nitrogen and oxygen atoms in total. The van der Waals surface area contributed by atoms with Gasteiger partial charge in [-0.05, 0) is 79.2 Å². The van der Waals surface area contributed by atoms with Crippen molar-refractivity contribution in [1.29, 1.82) is 0 Å². The first-order chi connectivity index (χ1) is 29.6. The fourth-order valence-electron chi connectivity index (χ4n) is 7.01. The van der Waals surface area contributed by atoms with Crippen molar-refractivity contribution in [2.45, 2.75) is 25.9 Å². The maximum Gasteiger partial charge on any atom is 0.264 e. The van der Waals surface area contributed by atoms with E-state index in [4.69, 9.17) is 40.5 Å². The number of hydrogen-bond acceptors (Lipinski definition) is 9. The van der Waals surface area contributed by atoms with E-state index in [2.05, 4.69) is 40.2 Å². The average molecular weight is 997 g/mol. The number of para-hydroxylation sites is 2. The van der Waals surface area contributed by atoms with Gasteiger partial charge in [0, 0.05) is 35.0 Å². The monoisotopic (exact) mass is 995 g/mol. The van der Waals surface area contributed by atoms with Gasteiger partial charge in [0.15, 0.2) is 16.6 Å². The zero-order valence-electron chi connectivity index (χ0n) is 33.0. The lowest BCUT2D eigenvalue weighted by atomic mass is 10.1. The van der Waals surface area contributed by atoms with Crippen LogP contribution in [0.5, 0.6) is 0 Å². The highest BCUT2D eigenvalue weighted by molar-refractivity contribution is 14.0. The lowest BCUT2D eigenvalue weighted by molar-refractivity contribution is 0.734. The molecule has 17 heteroatoms. The normalized spacial score (nSPS) is 11.9. The van der Waals surface area contributed by atoms with Crippen molar-refractivity contribution in [1.82, 2.24) is 44.0 Å². The van der Waals surface area contributed by atoms with E-state index in [1.165, 1.54) is 12.7 Å². The Morgan fingerprint density at radius 2 is 1.21 bits per heavy atom. The second kappa shape index (κ2) is 19.3. The topological polar surface area (TPSA) is 178 Å². The van der Waals surface area contributed by atoms with Gasteiger partial charge in [-0.15, -0.1) is 24.0 Å². The van der Waals surface area contributed by atoms with Gasteiger partial charge >= 0.3 is 0 Å². The van der Waals surface area contributed by atoms with Gasteiger partial charge in [0.1, 0.15) is 17.4 Å². The van der Waals surface area contributed by atoms with Gasteiger partial charge in [-0.25, -0.2) is 24.9 Å². The van der Waals surface area contributed by atoms with E-state index in [-0.39, 0.29) is 47.2 Å². The summed E-state index contributed by atoms with van der Waals surface area (Å²) < 4.78 is 3.34. The first-order valence-electron chi connectivity index (χ1n) is 19.0. The van der Waals surface area contributed by atoms with E-state index in [0.29, 0.717) is 43.0 Å². The van der Waals surface area contributed by atoms with E-state index >= 15 is 0 Å². The van der Waals surface area contributed by atoms with E-state index in [1.807, 2.05) is 117 Å². The maximum absolute atomic E-state index is 13.5. The summed E-state index contributed by atoms with van der Waals surface area (Å²) in [6.45, 7) is 3.86. The molecule has 10 aromatic rings. The van der Waals surface area contributed by atoms with Gasteiger partial charge in [-0.3, -0.25) is 18.7 Å². The third-order valence-electron chi connectivity index (χ3n) is 9.86. The van der Waals surface area contributed by atoms with Crippen molar-refractivity contribution in [2.75, 3.05) is 5.32 Å². The highest BCUT2D eigenvalue weighted by atomic mass is 127. The number of aromatic nitrogens is 9. The summed E-state index contributed by atoms with van der Waals surface area (Å²) in [5, 5.41) is 7.36. The average Bonchev–Trinajstić information content (AvgIpc) is 3.96. The molecule has 5 N–H and O–H groups in total. The molecule has 2 atom stereocenters. The molecular weight excluding hydrogens is 960 g/mol. The summed E-state index contributed by atoms with van der Waals surface area (Å²) in [5.74, 6) is 0.652. The Bertz CT molecular complexity index is 3280. The van der Waals surface area contributed by atoms with E-state index in [0.717, 1.165) is 44.6 Å². The van der Waals surface area contributed by atoms with Crippen molar-refractivity contribution in [2.24, 2.45) is 5.73 Å². The van der Waals surface area contributed by atoms with Gasteiger partial charge < -0.3 is 21.0 Å². The number of nitrogens with zero attached hydrogens (tertiary/aromatic N) is 7. The second-order valence-electron chi connectivity index (χ2n) is 13.9. The standard InChI is InChI=1S/C23H18ClN5O.C17H15ClN2O.C5H3ClN4.HI/c1-14(28-22-21-18(10-11-25-22)26-13-27-21)19-12-15-6-5-9-17(24)20(15)23(30)29(19)16-7-3-2-4-8-16;1-11(19)15-10-12-6-5-9-14(18)16(12)17(21)20(15)13-7-3-2-4-8-13;6-4-3-5(9-1-7-3)10-2-8-4;/h2-14H,1H3,(H,25,28)(H,26,27);2-11H,19H2,1H3;1-2H,(H,7,8,9,10);1H/t14-;11-;;/m00../s1. The maximum atomic E-state index is 13.5. The van der Waals surface area contributed by atoms with Gasteiger partial charge in [0.25, 0.3) is 11.1 Å². The largest absolute Gasteiger partial charge is 0.360 e. The summed E-state index contributed by atoms with van der Waals surface area (Å²) in [5.41, 5.74) is 11.8. The molecule has 4 aromatic carbocycles. The number of rotatable bonds is 6. The summed E-state index contributed by atoms with van der Waals surface area (Å²) >= 11 is 18.3. The molecule has 0 saturated carbocycles. The quantitative estimate of drug-likeness (QED) is 0.0932. The zero-order valence-corrected chi connectivity index (χ0v) is 37.6. The molecule has 0 radical (unpaired) electrons. The Morgan fingerprint density at radius 1 is 0.645 bits per heavy atom. The summed E-state index contributed by atoms with van der Waals surface area (Å²) in [6, 6.07) is 35.3. The smallest absolute Gasteiger partial charge is 0.264 e. The van der Waals surface area contributed by atoms with Crippen molar-refractivity contribution < 1.29 is 0 Å². The number of nitrogens with two attached hydrogens (primary N) is 1. The summed E-state index contributed by atoms with van der Waals surface area (Å²) in [7, 11) is 0. The molecule has 6 heterocycles. The van der Waals surface area contributed by atoms with Crippen LogP contribution in [0.1, 0.15) is 37.3 Å². The molecule has 62 heavy (non-hydrogen) atoms. The number of benzene rings is 4. The fourth-order valence-corrected chi connectivity index (χ4v) is 7.72. The van der Waals surface area contributed by atoms with Crippen LogP contribution in [0.4, 0.5) is 5.82 Å². The summed E-state index contributed by atoms with van der Waals surface area (Å²) in [4.78, 5) is 52.6. The van der Waals surface area contributed by atoms with Crippen molar-refractivity contribution in [3.63, 3.8) is 0 Å². The Kier molecular flexibility index (Phi) is 13.6. The van der Waals surface area contributed by atoms with Crippen LogP contribution >= 0.6 is 58.8 Å². The molecule has 0 spiro atoms. The Morgan fingerprint density at radius 3 is 1.79 bits per heavy atom. The van der Waals surface area contributed by atoms with Crippen molar-refractivity contribution in [3.8, 4) is 11.4 Å². The van der Waals surface area contributed by atoms with Crippen molar-refractivity contribution >= 4 is 108 Å². The molecule has 0 saturated heterocycles. The van der Waals surface area contributed by atoms with Crippen LogP contribution in [-0.4, -0.2) is 44.0 Å². The molecule has 0 aliphatic carbocycles. The number of fused-ring (bicyclic) bond motifs is 4. The minimum absolute atomic E-state index is 0. The molecule has 0 aliphatic heterocycles. The SMILES string of the molecule is C[C@H](N)c1cc2cccc(Cl)c2c(=O)n1-c1ccccc1.C[C@H](Nc1nccc2[nH]cnc12)c1cc2cccc(Cl)c2c(=O)n1-c1ccccc1.Clc1ncnc2nc[nH]c12.I. The van der Waals surface area contributed by atoms with Crippen LogP contribution in [0.3, 0.4) is 0 Å². The van der Waals surface area contributed by atoms with Crippen LogP contribution in [0.2, 0.25) is 15.2 Å². The fraction of sp³-hybridized carbons (Fsp3) is 0.0889. The molecule has 0 unspecified atom stereocenters. The minimum Gasteiger partial charge on any atom is -0.360 e. The number of nitrogens with one attached hydrogen (secondary N) is 3. The Labute approximate surface area is 386 Å². The Hall–Kier alpha value is -6.17. The van der Waals surface area contributed by atoms with Gasteiger partial charge in [0.2, 0.25) is 0 Å². The highest BCUT2D eigenvalue weighted by Crippen LogP contribution is 2.29. The molecule has 0 aliphatic rings. The minimum atomic E-state index is -0.263. The van der Waals surface area contributed by atoms with Gasteiger partial charge in [-0.2, -0.15) is 0 Å². The molecule has 0 bridgehead atoms. The molecule has 312 valence electrons. The molecule has 6 aromatic heterocycles. The first-order valence-corrected chi connectivity index (χ1v) is 20.1. The zero-order chi connectivity index (χ0) is 42.6. The third kappa shape index (κ3) is 8.91. The number of halogens is 4. The predicted molar refractivity (Wildman–Crippen MR) is 260 cm³/mol. The number of hydrogen-bond donors (Lipinski definition) is 4. The molecular formula is C45H37Cl3IN11O2. The van der Waals surface area contributed by atoms with E-state index < -0.39 is 0 Å². The van der Waals surface area contributed by atoms with Gasteiger partial charge in [-0.1, -0.05) is 95.5 Å². The first kappa shape index (κ1) is 43.9. The molecule has 0 amide bonds. The third-order valence-corrected chi connectivity index (χ3v) is 10.8. The second-order valence-corrected chi connectivity index (χ2v) is 15.0. The number of H-pyrrole nitrogens is 2. The summed E-state index contributed by atoms with van der Waals surface area (Å²) in [6.07, 6.45) is 6.27. The van der Waals surface area contributed by atoms with Crippen LogP contribution in [0.25, 0.3) is 55.1 Å². The predicted octanol–water partition coefficient (Wildman–Crippen LogP) is 10.4. The molecule has 10 rings (SSSR count). The van der Waals surface area contributed by atoms with Crippen molar-refractivity contribution in [3.05, 3.63) is 188 Å². The number of aromatic amines is 2. The Balaban J connectivity index is 0.000000156. The van der Waals surface area contributed by atoms with Gasteiger partial charge in [0.05, 0.1) is 45.0 Å². The van der Waals surface area contributed by atoms with E-state index in [1.54, 1.807) is 33.8 Å². The number of pyridine rings is 3. The number of anilines is 1. The lowest BCUT2D eigenvalue weighted by Gasteiger charge is -2.21. The van der Waals surface area contributed by atoms with Crippen LogP contribution in [0.15, 0.2) is 150 Å². The van der Waals surface area contributed by atoms with Crippen LogP contribution < -0.4 is 22.2 Å². The van der Waals surface area contributed by atoms with Crippen LogP contribution in [0, 0.1) is 0 Å². The molecule has 0 fully saturated rings. The lowest BCUT2D eigenvalue weighted by Crippen LogP contribution is -2.25.